The van der Waals surface area contributed by atoms with Crippen molar-refractivity contribution in [1.82, 2.24) is 14.8 Å². The minimum atomic E-state index is -4.10. The maximum atomic E-state index is 12.6. The predicted molar refractivity (Wildman–Crippen MR) is 71.5 cm³/mol. The van der Waals surface area contributed by atoms with E-state index in [0.717, 1.165) is 13.0 Å². The first-order valence-electron chi connectivity index (χ1n) is 7.53. The Morgan fingerprint density at radius 1 is 1.33 bits per heavy atom. The van der Waals surface area contributed by atoms with E-state index in [4.69, 9.17) is 0 Å². The molecule has 0 radical (unpaired) electrons. The van der Waals surface area contributed by atoms with Crippen molar-refractivity contribution >= 4 is 0 Å². The quantitative estimate of drug-likeness (QED) is 0.910. The number of rotatable bonds is 5. The lowest BCUT2D eigenvalue weighted by Crippen LogP contribution is -2.33. The van der Waals surface area contributed by atoms with Gasteiger partial charge in [-0.3, -0.25) is 4.68 Å². The molecule has 1 aromatic rings. The molecule has 4 nitrogen and oxygen atoms in total. The molecule has 2 rings (SSSR count). The van der Waals surface area contributed by atoms with Gasteiger partial charge in [0.1, 0.15) is 12.2 Å². The lowest BCUT2D eigenvalue weighted by molar-refractivity contribution is -0.185. The highest BCUT2D eigenvalue weighted by Crippen LogP contribution is 2.40. The van der Waals surface area contributed by atoms with Gasteiger partial charge in [0.25, 0.3) is 0 Å². The normalized spacial score (nSPS) is 25.0. The highest BCUT2D eigenvalue weighted by Gasteiger charge is 2.42. The van der Waals surface area contributed by atoms with Crippen molar-refractivity contribution in [2.75, 3.05) is 0 Å². The fourth-order valence-corrected chi connectivity index (χ4v) is 3.03. The topological polar surface area (TPSA) is 50.9 Å². The molecule has 1 atom stereocenters. The van der Waals surface area contributed by atoms with Crippen LogP contribution in [0.5, 0.6) is 0 Å². The Bertz CT molecular complexity index is 439. The van der Waals surface area contributed by atoms with Crippen LogP contribution in [0.1, 0.15) is 44.9 Å². The molecule has 0 aliphatic heterocycles. The Kier molecular flexibility index (Phi) is 5.24. The van der Waals surface area contributed by atoms with E-state index in [2.05, 4.69) is 10.1 Å². The van der Waals surface area contributed by atoms with Gasteiger partial charge in [-0.2, -0.15) is 18.3 Å². The lowest BCUT2D eigenvalue weighted by atomic mass is 9.78. The van der Waals surface area contributed by atoms with Crippen LogP contribution in [0, 0.1) is 11.8 Å². The maximum Gasteiger partial charge on any atom is 0.391 e. The third-order valence-corrected chi connectivity index (χ3v) is 4.30. The molecule has 0 saturated heterocycles. The van der Waals surface area contributed by atoms with Gasteiger partial charge in [-0.15, -0.1) is 0 Å². The van der Waals surface area contributed by atoms with Crippen LogP contribution in [-0.4, -0.2) is 32.2 Å². The van der Waals surface area contributed by atoms with Gasteiger partial charge < -0.3 is 5.11 Å². The molecule has 7 heteroatoms. The van der Waals surface area contributed by atoms with Crippen molar-refractivity contribution in [1.29, 1.82) is 0 Å². The second-order valence-electron chi connectivity index (χ2n) is 5.82. The van der Waals surface area contributed by atoms with Crippen LogP contribution in [0.15, 0.2) is 6.33 Å². The van der Waals surface area contributed by atoms with E-state index in [1.165, 1.54) is 6.33 Å². The third-order valence-electron chi connectivity index (χ3n) is 4.30. The van der Waals surface area contributed by atoms with Crippen molar-refractivity contribution in [3.8, 4) is 0 Å². The van der Waals surface area contributed by atoms with E-state index in [1.807, 2.05) is 6.92 Å². The largest absolute Gasteiger partial charge is 0.392 e. The first-order chi connectivity index (χ1) is 9.91. The average Bonchev–Trinajstić information content (AvgIpc) is 2.86. The number of aliphatic hydroxyl groups is 1. The zero-order chi connectivity index (χ0) is 15.5. The molecule has 1 aliphatic carbocycles. The Labute approximate surface area is 122 Å². The number of aromatic nitrogens is 3. The van der Waals surface area contributed by atoms with Crippen LogP contribution in [0.25, 0.3) is 0 Å². The number of alkyl halides is 3. The van der Waals surface area contributed by atoms with Gasteiger partial charge in [0, 0.05) is 13.0 Å². The number of nitrogens with zero attached hydrogens (tertiary/aromatic N) is 3. The van der Waals surface area contributed by atoms with Crippen LogP contribution in [0.2, 0.25) is 0 Å². The lowest BCUT2D eigenvalue weighted by Gasteiger charge is -2.32. The van der Waals surface area contributed by atoms with Gasteiger partial charge in [-0.25, -0.2) is 4.98 Å². The summed E-state index contributed by atoms with van der Waals surface area (Å²) in [6.07, 6.45) is -0.917. The number of halogens is 3. The van der Waals surface area contributed by atoms with Crippen molar-refractivity contribution in [2.24, 2.45) is 11.8 Å². The minimum Gasteiger partial charge on any atom is -0.392 e. The second-order valence-corrected chi connectivity index (χ2v) is 5.82. The number of hydrogen-bond acceptors (Lipinski definition) is 3. The molecule has 1 aromatic heterocycles. The summed E-state index contributed by atoms with van der Waals surface area (Å²) in [5.74, 6) is -0.567. The molecule has 0 aromatic carbocycles. The summed E-state index contributed by atoms with van der Waals surface area (Å²) in [4.78, 5) is 4.14. The van der Waals surface area contributed by atoms with E-state index in [9.17, 15) is 18.3 Å². The van der Waals surface area contributed by atoms with E-state index < -0.39 is 18.2 Å². The molecular weight excluding hydrogens is 283 g/mol. The average molecular weight is 305 g/mol. The molecule has 1 heterocycles. The fraction of sp³-hybridized carbons (Fsp3) is 0.857. The van der Waals surface area contributed by atoms with Crippen LogP contribution >= 0.6 is 0 Å². The summed E-state index contributed by atoms with van der Waals surface area (Å²) in [6, 6.07) is 0. The smallest absolute Gasteiger partial charge is 0.391 e. The van der Waals surface area contributed by atoms with E-state index in [1.54, 1.807) is 4.68 Å². The summed E-state index contributed by atoms with van der Waals surface area (Å²) >= 11 is 0. The van der Waals surface area contributed by atoms with Crippen LogP contribution < -0.4 is 0 Å². The zero-order valence-electron chi connectivity index (χ0n) is 12.2. The first-order valence-corrected chi connectivity index (χ1v) is 7.53. The zero-order valence-corrected chi connectivity index (χ0v) is 12.2. The molecule has 0 amide bonds. The third kappa shape index (κ3) is 4.18. The van der Waals surface area contributed by atoms with E-state index >= 15 is 0 Å². The molecular formula is C14H22F3N3O. The summed E-state index contributed by atoms with van der Waals surface area (Å²) in [5.41, 5.74) is 0. The summed E-state index contributed by atoms with van der Waals surface area (Å²) in [5, 5.41) is 14.4. The Morgan fingerprint density at radius 2 is 2.00 bits per heavy atom. The van der Waals surface area contributed by atoms with Gasteiger partial charge in [0.2, 0.25) is 0 Å². The van der Waals surface area contributed by atoms with Crippen molar-refractivity contribution in [3.63, 3.8) is 0 Å². The van der Waals surface area contributed by atoms with E-state index in [-0.39, 0.29) is 18.8 Å². The highest BCUT2D eigenvalue weighted by molar-refractivity contribution is 4.91. The van der Waals surface area contributed by atoms with Gasteiger partial charge in [-0.1, -0.05) is 6.92 Å². The van der Waals surface area contributed by atoms with Crippen LogP contribution in [0.4, 0.5) is 13.2 Å². The number of aliphatic hydroxyl groups excluding tert-OH is 1. The highest BCUT2D eigenvalue weighted by atomic mass is 19.4. The SMILES string of the molecule is CCCn1ncnc1CC(O)C1CCC(C(F)(F)F)CC1. The van der Waals surface area contributed by atoms with Crippen molar-refractivity contribution in [3.05, 3.63) is 12.2 Å². The molecule has 1 aliphatic rings. The number of hydrogen-bond donors (Lipinski definition) is 1. The Balaban J connectivity index is 1.87. The summed E-state index contributed by atoms with van der Waals surface area (Å²) < 4.78 is 39.6. The van der Waals surface area contributed by atoms with Gasteiger partial charge >= 0.3 is 6.18 Å². The second kappa shape index (κ2) is 6.77. The van der Waals surface area contributed by atoms with Crippen LogP contribution in [-0.2, 0) is 13.0 Å². The summed E-state index contributed by atoms with van der Waals surface area (Å²) in [7, 11) is 0. The maximum absolute atomic E-state index is 12.6. The van der Waals surface area contributed by atoms with Crippen LogP contribution in [0.3, 0.4) is 0 Å². The Morgan fingerprint density at radius 3 is 2.57 bits per heavy atom. The molecule has 1 fully saturated rings. The van der Waals surface area contributed by atoms with Gasteiger partial charge in [0.05, 0.1) is 12.0 Å². The first kappa shape index (κ1) is 16.3. The molecule has 0 bridgehead atoms. The molecule has 0 spiro atoms. The van der Waals surface area contributed by atoms with Crippen molar-refractivity contribution < 1.29 is 18.3 Å². The summed E-state index contributed by atoms with van der Waals surface area (Å²) in [6.45, 7) is 2.77. The van der Waals surface area contributed by atoms with Gasteiger partial charge in [-0.05, 0) is 38.0 Å². The fourth-order valence-electron chi connectivity index (χ4n) is 3.03. The standard InChI is InChI=1S/C14H22F3N3O/c1-2-7-20-13(18-9-19-20)8-12(21)10-3-5-11(6-4-10)14(15,16)17/h9-12,21H,2-8H2,1H3. The molecule has 120 valence electrons. The molecule has 21 heavy (non-hydrogen) atoms. The van der Waals surface area contributed by atoms with Gasteiger partial charge in [0.15, 0.2) is 0 Å². The van der Waals surface area contributed by atoms with E-state index in [0.29, 0.717) is 25.1 Å². The predicted octanol–water partition coefficient (Wildman–Crippen LogP) is 2.96. The molecule has 1 unspecified atom stereocenters. The number of aryl methyl sites for hydroxylation is 1. The molecule has 1 saturated carbocycles. The minimum absolute atomic E-state index is 0.0737. The monoisotopic (exact) mass is 305 g/mol. The molecule has 1 N–H and O–H groups in total. The Hall–Kier alpha value is -1.11. The van der Waals surface area contributed by atoms with Crippen molar-refractivity contribution in [2.45, 2.75) is 64.3 Å².